The van der Waals surface area contributed by atoms with Crippen LogP contribution in [0.1, 0.15) is 11.1 Å². The molecule has 0 radical (unpaired) electrons. The molecule has 2 heterocycles. The van der Waals surface area contributed by atoms with Gasteiger partial charge in [-0.25, -0.2) is 0 Å². The highest BCUT2D eigenvalue weighted by molar-refractivity contribution is 8.81. The zero-order valence-corrected chi connectivity index (χ0v) is 15.4. The van der Waals surface area contributed by atoms with Gasteiger partial charge in [0.25, 0.3) is 0 Å². The highest BCUT2D eigenvalue weighted by Crippen LogP contribution is 2.64. The summed E-state index contributed by atoms with van der Waals surface area (Å²) in [6.07, 6.45) is 0. The number of amides is 2. The Labute approximate surface area is 154 Å². The molecule has 25 heavy (non-hydrogen) atoms. The predicted octanol–water partition coefficient (Wildman–Crippen LogP) is 3.53. The fourth-order valence-corrected chi connectivity index (χ4v) is 6.86. The molecule has 126 valence electrons. The van der Waals surface area contributed by atoms with E-state index in [1.807, 2.05) is 48.5 Å². The molecule has 0 atom stereocenters. The fourth-order valence-electron chi connectivity index (χ4n) is 3.27. The SMILES string of the molecule is CN1C(=O)C(=O)N(C)C12SSC(c1ccccc1)=C2c1ccccc1. The van der Waals surface area contributed by atoms with E-state index in [0.717, 1.165) is 21.6 Å². The smallest absolute Gasteiger partial charge is 0.301 e. The van der Waals surface area contributed by atoms with Crippen LogP contribution in [0.25, 0.3) is 10.5 Å². The molecule has 2 aromatic carbocycles. The molecule has 0 unspecified atom stereocenters. The number of likely N-dealkylation sites (N-methyl/N-ethyl adjacent to an activating group) is 2. The van der Waals surface area contributed by atoms with Gasteiger partial charge in [-0.3, -0.25) is 9.59 Å². The third-order valence-corrected chi connectivity index (χ3v) is 7.72. The number of carbonyl (C=O) groups excluding carboxylic acids is 2. The Morgan fingerprint density at radius 3 is 1.76 bits per heavy atom. The summed E-state index contributed by atoms with van der Waals surface area (Å²) >= 11 is 0. The predicted molar refractivity (Wildman–Crippen MR) is 103 cm³/mol. The molecule has 1 saturated heterocycles. The van der Waals surface area contributed by atoms with Crippen molar-refractivity contribution in [2.75, 3.05) is 14.1 Å². The summed E-state index contributed by atoms with van der Waals surface area (Å²) in [4.78, 5) is 28.1. The monoisotopic (exact) mass is 368 g/mol. The van der Waals surface area contributed by atoms with Crippen LogP contribution < -0.4 is 0 Å². The summed E-state index contributed by atoms with van der Waals surface area (Å²) in [7, 11) is 6.55. The zero-order chi connectivity index (χ0) is 17.6. The molecular formula is C19H16N2O2S2. The molecule has 4 nitrogen and oxygen atoms in total. The highest BCUT2D eigenvalue weighted by Gasteiger charge is 2.60. The second kappa shape index (κ2) is 5.97. The van der Waals surface area contributed by atoms with E-state index in [1.54, 1.807) is 34.7 Å². The fraction of sp³-hybridized carbons (Fsp3) is 0.158. The van der Waals surface area contributed by atoms with E-state index in [-0.39, 0.29) is 0 Å². The second-order valence-corrected chi connectivity index (χ2v) is 8.25. The van der Waals surface area contributed by atoms with E-state index in [1.165, 1.54) is 10.8 Å². The number of hydrogen-bond donors (Lipinski definition) is 0. The number of benzene rings is 2. The molecule has 1 fully saturated rings. The van der Waals surface area contributed by atoms with Crippen LogP contribution in [0.4, 0.5) is 0 Å². The molecule has 0 N–H and O–H groups in total. The Morgan fingerprint density at radius 2 is 1.24 bits per heavy atom. The highest BCUT2D eigenvalue weighted by atomic mass is 33.1. The Morgan fingerprint density at radius 1 is 0.760 bits per heavy atom. The Bertz CT molecular complexity index is 861. The van der Waals surface area contributed by atoms with Gasteiger partial charge in [-0.1, -0.05) is 71.5 Å². The van der Waals surface area contributed by atoms with Gasteiger partial charge in [0, 0.05) is 24.6 Å². The van der Waals surface area contributed by atoms with E-state index in [0.29, 0.717) is 0 Å². The molecule has 1 spiro atoms. The molecule has 0 aliphatic carbocycles. The van der Waals surface area contributed by atoms with Gasteiger partial charge in [0.15, 0.2) is 0 Å². The minimum atomic E-state index is -0.828. The first-order valence-electron chi connectivity index (χ1n) is 7.84. The number of carbonyl (C=O) groups is 2. The third kappa shape index (κ3) is 2.24. The second-order valence-electron chi connectivity index (χ2n) is 5.94. The van der Waals surface area contributed by atoms with Gasteiger partial charge in [-0.15, -0.1) is 0 Å². The van der Waals surface area contributed by atoms with Gasteiger partial charge in [0.05, 0.1) is 0 Å². The van der Waals surface area contributed by atoms with E-state index >= 15 is 0 Å². The van der Waals surface area contributed by atoms with Crippen LogP contribution in [-0.4, -0.2) is 40.7 Å². The topological polar surface area (TPSA) is 40.6 Å². The lowest BCUT2D eigenvalue weighted by Gasteiger charge is -2.37. The molecule has 2 aliphatic rings. The third-order valence-electron chi connectivity index (χ3n) is 4.59. The van der Waals surface area contributed by atoms with Gasteiger partial charge in [0.2, 0.25) is 4.99 Å². The standard InChI is InChI=1S/C19H16N2O2S2/c1-20-17(22)18(23)21(2)19(20)15(13-9-5-3-6-10-13)16(24-25-19)14-11-7-4-8-12-14/h3-12H,1-2H3. The van der Waals surface area contributed by atoms with Crippen molar-refractivity contribution in [3.8, 4) is 0 Å². The van der Waals surface area contributed by atoms with Gasteiger partial charge in [-0.05, 0) is 21.9 Å². The average Bonchev–Trinajstić information content (AvgIpc) is 3.14. The Kier molecular flexibility index (Phi) is 3.89. The molecule has 6 heteroatoms. The van der Waals surface area contributed by atoms with Crippen molar-refractivity contribution in [3.63, 3.8) is 0 Å². The molecule has 4 rings (SSSR count). The summed E-state index contributed by atoms with van der Waals surface area (Å²) in [6, 6.07) is 20.1. The first-order valence-corrected chi connectivity index (χ1v) is 9.99. The minimum Gasteiger partial charge on any atom is -0.301 e. The quantitative estimate of drug-likeness (QED) is 0.601. The molecule has 2 amide bonds. The lowest BCUT2D eigenvalue weighted by Crippen LogP contribution is -2.48. The van der Waals surface area contributed by atoms with Crippen molar-refractivity contribution < 1.29 is 9.59 Å². The van der Waals surface area contributed by atoms with Crippen molar-refractivity contribution in [1.29, 1.82) is 0 Å². The minimum absolute atomic E-state index is 0.474. The molecule has 0 bridgehead atoms. The van der Waals surface area contributed by atoms with Crippen molar-refractivity contribution >= 4 is 43.9 Å². The zero-order valence-electron chi connectivity index (χ0n) is 13.8. The van der Waals surface area contributed by atoms with Crippen molar-refractivity contribution in [1.82, 2.24) is 9.80 Å². The van der Waals surface area contributed by atoms with E-state index in [4.69, 9.17) is 0 Å². The van der Waals surface area contributed by atoms with E-state index in [2.05, 4.69) is 12.1 Å². The normalized spacial score (nSPS) is 19.4. The number of hydrogen-bond acceptors (Lipinski definition) is 4. The maximum atomic E-state index is 12.4. The summed E-state index contributed by atoms with van der Waals surface area (Å²) in [5.74, 6) is -0.948. The maximum absolute atomic E-state index is 12.4. The summed E-state index contributed by atoms with van der Waals surface area (Å²) in [5, 5.41) is 0. The van der Waals surface area contributed by atoms with Gasteiger partial charge < -0.3 is 9.80 Å². The Hall–Kier alpha value is -2.18. The van der Waals surface area contributed by atoms with Crippen LogP contribution in [0, 0.1) is 0 Å². The van der Waals surface area contributed by atoms with Crippen LogP contribution in [-0.2, 0) is 9.59 Å². The average molecular weight is 368 g/mol. The Balaban J connectivity index is 2.00. The molecule has 2 aliphatic heterocycles. The first kappa shape index (κ1) is 16.3. The van der Waals surface area contributed by atoms with Crippen LogP contribution in [0.3, 0.4) is 0 Å². The maximum Gasteiger partial charge on any atom is 0.314 e. The van der Waals surface area contributed by atoms with Gasteiger partial charge in [-0.2, -0.15) is 0 Å². The molecule has 0 aromatic heterocycles. The van der Waals surface area contributed by atoms with Crippen LogP contribution in [0.5, 0.6) is 0 Å². The van der Waals surface area contributed by atoms with Crippen molar-refractivity contribution in [2.24, 2.45) is 0 Å². The van der Waals surface area contributed by atoms with Gasteiger partial charge in [0.1, 0.15) is 0 Å². The van der Waals surface area contributed by atoms with Crippen LogP contribution in [0.15, 0.2) is 60.7 Å². The molecular weight excluding hydrogens is 352 g/mol. The van der Waals surface area contributed by atoms with Gasteiger partial charge >= 0.3 is 11.8 Å². The van der Waals surface area contributed by atoms with E-state index < -0.39 is 16.8 Å². The summed E-state index contributed by atoms with van der Waals surface area (Å²) in [6.45, 7) is 0. The summed E-state index contributed by atoms with van der Waals surface area (Å²) < 4.78 is 0. The van der Waals surface area contributed by atoms with Crippen LogP contribution >= 0.6 is 21.6 Å². The lowest BCUT2D eigenvalue weighted by atomic mass is 9.98. The molecule has 2 aromatic rings. The largest absolute Gasteiger partial charge is 0.314 e. The summed E-state index contributed by atoms with van der Waals surface area (Å²) in [5.41, 5.74) is 3.09. The number of rotatable bonds is 2. The van der Waals surface area contributed by atoms with Crippen molar-refractivity contribution in [2.45, 2.75) is 4.99 Å². The number of nitrogens with zero attached hydrogens (tertiary/aromatic N) is 2. The first-order chi connectivity index (χ1) is 12.1. The molecule has 0 saturated carbocycles. The van der Waals surface area contributed by atoms with E-state index in [9.17, 15) is 9.59 Å². The van der Waals surface area contributed by atoms with Crippen molar-refractivity contribution in [3.05, 3.63) is 71.8 Å². The van der Waals surface area contributed by atoms with Crippen LogP contribution in [0.2, 0.25) is 0 Å². The lowest BCUT2D eigenvalue weighted by molar-refractivity contribution is -0.142.